The lowest BCUT2D eigenvalue weighted by Gasteiger charge is -2.04. The first-order chi connectivity index (χ1) is 11.2. The monoisotopic (exact) mass is 325 g/mol. The second-order valence-corrected chi connectivity index (χ2v) is 5.91. The van der Waals surface area contributed by atoms with Crippen molar-refractivity contribution in [2.45, 2.75) is 6.92 Å². The van der Waals surface area contributed by atoms with Crippen LogP contribution in [0, 0.1) is 6.92 Å². The molecule has 116 valence electrons. The number of hydrogen-bond acceptors (Lipinski definition) is 5. The van der Waals surface area contributed by atoms with Crippen LogP contribution in [0.4, 0.5) is 5.13 Å². The van der Waals surface area contributed by atoms with E-state index in [0.29, 0.717) is 15.7 Å². The van der Waals surface area contributed by atoms with Crippen LogP contribution in [-0.4, -0.2) is 23.2 Å². The van der Waals surface area contributed by atoms with Gasteiger partial charge in [0.1, 0.15) is 5.75 Å². The molecule has 1 heterocycles. The number of aromatic nitrogens is 2. The van der Waals surface area contributed by atoms with Gasteiger partial charge in [-0.3, -0.25) is 10.1 Å². The highest BCUT2D eigenvalue weighted by Crippen LogP contribution is 2.33. The van der Waals surface area contributed by atoms with Crippen molar-refractivity contribution in [3.05, 3.63) is 59.7 Å². The molecule has 6 heteroatoms. The Morgan fingerprint density at radius 2 is 1.96 bits per heavy atom. The Morgan fingerprint density at radius 3 is 2.74 bits per heavy atom. The van der Waals surface area contributed by atoms with Crippen LogP contribution in [0.3, 0.4) is 0 Å². The van der Waals surface area contributed by atoms with Crippen molar-refractivity contribution < 1.29 is 9.53 Å². The molecule has 0 radical (unpaired) electrons. The lowest BCUT2D eigenvalue weighted by Crippen LogP contribution is -2.11. The molecule has 2 aromatic carbocycles. The molecule has 5 nitrogen and oxygen atoms in total. The molecule has 1 aromatic heterocycles. The van der Waals surface area contributed by atoms with Crippen LogP contribution < -0.4 is 10.1 Å². The molecule has 0 unspecified atom stereocenters. The summed E-state index contributed by atoms with van der Waals surface area (Å²) in [5.74, 6) is 0.525. The molecule has 0 aliphatic carbocycles. The summed E-state index contributed by atoms with van der Waals surface area (Å²) in [7, 11) is 1.61. The van der Waals surface area contributed by atoms with Gasteiger partial charge in [0.2, 0.25) is 5.13 Å². The molecule has 0 aliphatic heterocycles. The zero-order valence-corrected chi connectivity index (χ0v) is 13.6. The van der Waals surface area contributed by atoms with Gasteiger partial charge in [-0.25, -0.2) is 0 Å². The number of nitrogens with zero attached hydrogens (tertiary/aromatic N) is 2. The van der Waals surface area contributed by atoms with Crippen LogP contribution in [-0.2, 0) is 0 Å². The number of amides is 1. The van der Waals surface area contributed by atoms with E-state index in [4.69, 9.17) is 4.74 Å². The maximum absolute atomic E-state index is 12.2. The first kappa shape index (κ1) is 15.2. The number of para-hydroxylation sites is 1. The zero-order valence-electron chi connectivity index (χ0n) is 12.7. The van der Waals surface area contributed by atoms with Crippen molar-refractivity contribution in [3.8, 4) is 16.3 Å². The minimum atomic E-state index is -0.198. The summed E-state index contributed by atoms with van der Waals surface area (Å²) < 4.78 is 5.32. The molecule has 3 aromatic rings. The third-order valence-electron chi connectivity index (χ3n) is 3.26. The number of carbonyl (C=O) groups excluding carboxylic acids is 1. The number of ether oxygens (including phenoxy) is 1. The summed E-state index contributed by atoms with van der Waals surface area (Å²) >= 11 is 1.31. The molecule has 0 atom stereocenters. The van der Waals surface area contributed by atoms with Gasteiger partial charge in [0, 0.05) is 5.56 Å². The van der Waals surface area contributed by atoms with Crippen LogP contribution in [0.15, 0.2) is 48.5 Å². The molecule has 0 saturated carbocycles. The number of benzene rings is 2. The van der Waals surface area contributed by atoms with Gasteiger partial charge in [0.05, 0.1) is 12.7 Å². The van der Waals surface area contributed by atoms with E-state index in [2.05, 4.69) is 15.5 Å². The van der Waals surface area contributed by atoms with E-state index < -0.39 is 0 Å². The third kappa shape index (κ3) is 3.37. The van der Waals surface area contributed by atoms with Crippen molar-refractivity contribution in [3.63, 3.8) is 0 Å². The van der Waals surface area contributed by atoms with Crippen molar-refractivity contribution >= 4 is 22.4 Å². The molecule has 0 saturated heterocycles. The number of hydrogen-bond donors (Lipinski definition) is 1. The standard InChI is InChI=1S/C17H15N3O2S/c1-11-6-5-7-12(10-11)15(21)18-17-20-19-16(23-17)13-8-3-4-9-14(13)22-2/h3-10H,1-2H3,(H,18,20,21). The summed E-state index contributed by atoms with van der Waals surface area (Å²) in [6, 6.07) is 15.0. The first-order valence-electron chi connectivity index (χ1n) is 7.02. The Morgan fingerprint density at radius 1 is 1.13 bits per heavy atom. The molecule has 23 heavy (non-hydrogen) atoms. The van der Waals surface area contributed by atoms with Gasteiger partial charge in [0.25, 0.3) is 5.91 Å². The van der Waals surface area contributed by atoms with E-state index in [-0.39, 0.29) is 5.91 Å². The first-order valence-corrected chi connectivity index (χ1v) is 7.84. The van der Waals surface area contributed by atoms with Gasteiger partial charge >= 0.3 is 0 Å². The minimum Gasteiger partial charge on any atom is -0.496 e. The predicted octanol–water partition coefficient (Wildman–Crippen LogP) is 3.77. The van der Waals surface area contributed by atoms with E-state index in [1.165, 1.54) is 11.3 Å². The van der Waals surface area contributed by atoms with Crippen LogP contribution in [0.2, 0.25) is 0 Å². The van der Waals surface area contributed by atoms with Crippen molar-refractivity contribution in [1.29, 1.82) is 0 Å². The molecule has 1 amide bonds. The number of rotatable bonds is 4. The second-order valence-electron chi connectivity index (χ2n) is 4.94. The number of nitrogens with one attached hydrogen (secondary N) is 1. The Balaban J connectivity index is 1.81. The molecule has 0 aliphatic rings. The maximum Gasteiger partial charge on any atom is 0.257 e. The molecule has 0 spiro atoms. The van der Waals surface area contributed by atoms with Crippen LogP contribution >= 0.6 is 11.3 Å². The largest absolute Gasteiger partial charge is 0.496 e. The SMILES string of the molecule is COc1ccccc1-c1nnc(NC(=O)c2cccc(C)c2)s1. The van der Waals surface area contributed by atoms with E-state index in [1.807, 2.05) is 49.4 Å². The van der Waals surface area contributed by atoms with E-state index >= 15 is 0 Å². The second kappa shape index (κ2) is 6.58. The molecule has 3 rings (SSSR count). The zero-order chi connectivity index (χ0) is 16.2. The Hall–Kier alpha value is -2.73. The molecular formula is C17H15N3O2S. The topological polar surface area (TPSA) is 64.1 Å². The quantitative estimate of drug-likeness (QED) is 0.793. The van der Waals surface area contributed by atoms with Gasteiger partial charge in [-0.05, 0) is 31.2 Å². The summed E-state index contributed by atoms with van der Waals surface area (Å²) in [4.78, 5) is 12.2. The maximum atomic E-state index is 12.2. The van der Waals surface area contributed by atoms with Crippen LogP contribution in [0.5, 0.6) is 5.75 Å². The average Bonchev–Trinajstić information content (AvgIpc) is 3.03. The normalized spacial score (nSPS) is 10.3. The van der Waals surface area contributed by atoms with Crippen molar-refractivity contribution in [2.24, 2.45) is 0 Å². The van der Waals surface area contributed by atoms with E-state index in [1.54, 1.807) is 13.2 Å². The van der Waals surface area contributed by atoms with Gasteiger partial charge < -0.3 is 4.74 Å². The van der Waals surface area contributed by atoms with Gasteiger partial charge in [-0.2, -0.15) is 0 Å². The fourth-order valence-corrected chi connectivity index (χ4v) is 2.93. The third-order valence-corrected chi connectivity index (χ3v) is 4.14. The lowest BCUT2D eigenvalue weighted by atomic mass is 10.1. The summed E-state index contributed by atoms with van der Waals surface area (Å²) in [6.45, 7) is 1.95. The van der Waals surface area contributed by atoms with Crippen molar-refractivity contribution in [2.75, 3.05) is 12.4 Å². The number of aryl methyl sites for hydroxylation is 1. The van der Waals surface area contributed by atoms with Crippen LogP contribution in [0.1, 0.15) is 15.9 Å². The minimum absolute atomic E-state index is 0.198. The summed E-state index contributed by atoms with van der Waals surface area (Å²) in [5.41, 5.74) is 2.48. The molecular weight excluding hydrogens is 310 g/mol. The van der Waals surface area contributed by atoms with Gasteiger partial charge in [0.15, 0.2) is 5.01 Å². The number of methoxy groups -OCH3 is 1. The Kier molecular flexibility index (Phi) is 4.34. The highest BCUT2D eigenvalue weighted by atomic mass is 32.1. The fraction of sp³-hybridized carbons (Fsp3) is 0.118. The Labute approximate surface area is 138 Å². The van der Waals surface area contributed by atoms with Crippen LogP contribution in [0.25, 0.3) is 10.6 Å². The predicted molar refractivity (Wildman–Crippen MR) is 91.0 cm³/mol. The smallest absolute Gasteiger partial charge is 0.257 e. The van der Waals surface area contributed by atoms with E-state index in [9.17, 15) is 4.79 Å². The Bertz CT molecular complexity index is 845. The highest BCUT2D eigenvalue weighted by Gasteiger charge is 2.13. The van der Waals surface area contributed by atoms with E-state index in [0.717, 1.165) is 16.9 Å². The lowest BCUT2D eigenvalue weighted by molar-refractivity contribution is 0.102. The average molecular weight is 325 g/mol. The number of carbonyl (C=O) groups is 1. The molecule has 0 bridgehead atoms. The van der Waals surface area contributed by atoms with Crippen molar-refractivity contribution in [1.82, 2.24) is 10.2 Å². The summed E-state index contributed by atoms with van der Waals surface area (Å²) in [6.07, 6.45) is 0. The van der Waals surface area contributed by atoms with Gasteiger partial charge in [-0.1, -0.05) is 41.2 Å². The van der Waals surface area contributed by atoms with Gasteiger partial charge in [-0.15, -0.1) is 10.2 Å². The molecule has 0 fully saturated rings. The number of anilines is 1. The molecule has 1 N–H and O–H groups in total. The summed E-state index contributed by atoms with van der Waals surface area (Å²) in [5, 5.41) is 12.1. The fourth-order valence-electron chi connectivity index (χ4n) is 2.16. The highest BCUT2D eigenvalue weighted by molar-refractivity contribution is 7.18.